The van der Waals surface area contributed by atoms with Crippen molar-refractivity contribution >= 4 is 21.6 Å². The van der Waals surface area contributed by atoms with E-state index in [-0.39, 0.29) is 30.8 Å². The van der Waals surface area contributed by atoms with Gasteiger partial charge in [0.05, 0.1) is 21.3 Å². The Hall–Kier alpha value is -0.683. The molecule has 1 aliphatic heterocycles. The van der Waals surface area contributed by atoms with Crippen molar-refractivity contribution in [1.82, 2.24) is 0 Å². The summed E-state index contributed by atoms with van der Waals surface area (Å²) in [5.41, 5.74) is 0.313. The molecule has 1 aliphatic carbocycles. The lowest BCUT2D eigenvalue weighted by Crippen LogP contribution is -2.42. The van der Waals surface area contributed by atoms with Gasteiger partial charge in [0.2, 0.25) is 0 Å². The number of hydrogen-bond donors (Lipinski definition) is 0. The van der Waals surface area contributed by atoms with Crippen LogP contribution in [-0.2, 0) is 23.1 Å². The van der Waals surface area contributed by atoms with Crippen molar-refractivity contribution in [3.63, 3.8) is 0 Å². The molecule has 7 heteroatoms. The summed E-state index contributed by atoms with van der Waals surface area (Å²) in [6.45, 7) is 14.6. The summed E-state index contributed by atoms with van der Waals surface area (Å²) in [5.74, 6) is -0.766. The van der Waals surface area contributed by atoms with Crippen LogP contribution in [0.3, 0.4) is 0 Å². The molecule has 1 fully saturated rings. The van der Waals surface area contributed by atoms with Crippen LogP contribution < -0.4 is 0 Å². The molecule has 1 heterocycles. The fourth-order valence-corrected chi connectivity index (χ4v) is 8.05. The average molecular weight is 372 g/mol. The molecule has 2 rings (SSSR count). The minimum Gasteiger partial charge on any atom is -0.461 e. The largest absolute Gasteiger partial charge is 0.461 e. The van der Waals surface area contributed by atoms with E-state index in [2.05, 4.69) is 32.3 Å². The fourth-order valence-electron chi connectivity index (χ4n) is 3.79. The van der Waals surface area contributed by atoms with Gasteiger partial charge in [0, 0.05) is 5.92 Å². The highest BCUT2D eigenvalue weighted by Gasteiger charge is 2.60. The monoisotopic (exact) mass is 372 g/mol. The summed E-state index contributed by atoms with van der Waals surface area (Å²) in [5, 5.41) is 0. The third-order valence-corrected chi connectivity index (χ3v) is 10.1. The van der Waals surface area contributed by atoms with E-state index in [1.54, 1.807) is 19.9 Å². The smallest absolute Gasteiger partial charge is 0.345 e. The highest BCUT2D eigenvalue weighted by atomic mass is 31.2. The molecule has 0 N–H and O–H groups in total. The van der Waals surface area contributed by atoms with Gasteiger partial charge in [0.15, 0.2) is 5.66 Å². The standard InChI is InChI=1S/C17H29O5PSi/c1-7-12-10-11-13(24(4,5)6)15-14(12)16(17(18)22-15)23(19,20-8-2)21-9-3/h7,10,13-16H,1,8-9,11H2,2-6H3/t13-,14+,15-,16-/m0/s1. The third kappa shape index (κ3) is 3.48. The van der Waals surface area contributed by atoms with Gasteiger partial charge in [-0.3, -0.25) is 9.36 Å². The van der Waals surface area contributed by atoms with Gasteiger partial charge in [0.25, 0.3) is 0 Å². The first-order chi connectivity index (χ1) is 11.2. The Morgan fingerprint density at radius 1 is 1.33 bits per heavy atom. The van der Waals surface area contributed by atoms with E-state index >= 15 is 0 Å². The number of rotatable bonds is 7. The molecular weight excluding hydrogens is 343 g/mol. The van der Waals surface area contributed by atoms with Gasteiger partial charge in [-0.25, -0.2) is 0 Å². The summed E-state index contributed by atoms with van der Waals surface area (Å²) >= 11 is 0. The van der Waals surface area contributed by atoms with Crippen molar-refractivity contribution in [3.8, 4) is 0 Å². The molecule has 5 nitrogen and oxygen atoms in total. The quantitative estimate of drug-likeness (QED) is 0.377. The lowest BCUT2D eigenvalue weighted by atomic mass is 9.84. The summed E-state index contributed by atoms with van der Waals surface area (Å²) in [4.78, 5) is 12.7. The van der Waals surface area contributed by atoms with Crippen molar-refractivity contribution in [1.29, 1.82) is 0 Å². The zero-order valence-corrected chi connectivity index (χ0v) is 17.2. The molecular formula is C17H29O5PSi. The molecule has 1 saturated heterocycles. The van der Waals surface area contributed by atoms with Crippen molar-refractivity contribution in [2.45, 2.75) is 57.2 Å². The minimum absolute atomic E-state index is 0.225. The van der Waals surface area contributed by atoms with Crippen LogP contribution in [0.1, 0.15) is 20.3 Å². The second-order valence-electron chi connectivity index (χ2n) is 7.36. The Morgan fingerprint density at radius 3 is 2.38 bits per heavy atom. The molecule has 0 aromatic carbocycles. The zero-order chi connectivity index (χ0) is 18.1. The predicted molar refractivity (Wildman–Crippen MR) is 98.0 cm³/mol. The topological polar surface area (TPSA) is 61.8 Å². The van der Waals surface area contributed by atoms with Crippen LogP contribution in [0.4, 0.5) is 0 Å². The maximum Gasteiger partial charge on any atom is 0.345 e. The summed E-state index contributed by atoms with van der Waals surface area (Å²) in [6, 6.07) is 0. The first-order valence-electron chi connectivity index (χ1n) is 8.61. The highest BCUT2D eigenvalue weighted by molar-refractivity contribution is 7.55. The number of carbonyl (C=O) groups is 1. The first kappa shape index (κ1) is 19.6. The van der Waals surface area contributed by atoms with E-state index in [1.807, 2.05) is 0 Å². The van der Waals surface area contributed by atoms with Crippen LogP contribution in [0.15, 0.2) is 24.3 Å². The van der Waals surface area contributed by atoms with E-state index in [9.17, 15) is 9.36 Å². The van der Waals surface area contributed by atoms with Crippen LogP contribution >= 0.6 is 7.60 Å². The Kier molecular flexibility index (Phi) is 5.96. The number of carbonyl (C=O) groups excluding carboxylic acids is 1. The second-order valence-corrected chi connectivity index (χ2v) is 15.0. The molecule has 0 spiro atoms. The maximum absolute atomic E-state index is 13.3. The molecule has 0 unspecified atom stereocenters. The Morgan fingerprint density at radius 2 is 1.92 bits per heavy atom. The molecule has 0 aromatic rings. The van der Waals surface area contributed by atoms with Gasteiger partial charge in [-0.2, -0.15) is 0 Å². The molecule has 0 saturated carbocycles. The minimum atomic E-state index is -3.59. The molecule has 0 radical (unpaired) electrons. The maximum atomic E-state index is 13.3. The third-order valence-electron chi connectivity index (χ3n) is 4.88. The number of fused-ring (bicyclic) bond motifs is 1. The van der Waals surface area contributed by atoms with Crippen LogP contribution in [0.5, 0.6) is 0 Å². The van der Waals surface area contributed by atoms with Crippen molar-refractivity contribution in [3.05, 3.63) is 24.3 Å². The Balaban J connectivity index is 2.49. The lowest BCUT2D eigenvalue weighted by molar-refractivity contribution is -0.141. The molecule has 2 aliphatic rings. The van der Waals surface area contributed by atoms with Crippen LogP contribution in [-0.4, -0.2) is 39.0 Å². The summed E-state index contributed by atoms with van der Waals surface area (Å²) in [6.07, 6.45) is 4.47. The van der Waals surface area contributed by atoms with Gasteiger partial charge in [0.1, 0.15) is 6.10 Å². The summed E-state index contributed by atoms with van der Waals surface area (Å²) < 4.78 is 30.0. The fraction of sp³-hybridized carbons (Fsp3) is 0.706. The van der Waals surface area contributed by atoms with E-state index in [4.69, 9.17) is 13.8 Å². The molecule has 4 atom stereocenters. The van der Waals surface area contributed by atoms with E-state index in [0.29, 0.717) is 0 Å². The van der Waals surface area contributed by atoms with Gasteiger partial charge >= 0.3 is 13.6 Å². The van der Waals surface area contributed by atoms with E-state index < -0.39 is 27.3 Å². The van der Waals surface area contributed by atoms with Gasteiger partial charge < -0.3 is 13.8 Å². The highest BCUT2D eigenvalue weighted by Crippen LogP contribution is 2.62. The average Bonchev–Trinajstić information content (AvgIpc) is 2.82. The van der Waals surface area contributed by atoms with E-state index in [0.717, 1.165) is 12.0 Å². The van der Waals surface area contributed by atoms with Crippen molar-refractivity contribution in [2.24, 2.45) is 5.92 Å². The normalized spacial score (nSPS) is 30.5. The van der Waals surface area contributed by atoms with Crippen LogP contribution in [0.2, 0.25) is 25.2 Å². The van der Waals surface area contributed by atoms with Gasteiger partial charge in [-0.05, 0) is 31.4 Å². The molecule has 0 amide bonds. The van der Waals surface area contributed by atoms with Crippen LogP contribution in [0, 0.1) is 5.92 Å². The molecule has 0 bridgehead atoms. The van der Waals surface area contributed by atoms with Crippen molar-refractivity contribution < 1.29 is 23.1 Å². The van der Waals surface area contributed by atoms with Crippen molar-refractivity contribution in [2.75, 3.05) is 13.2 Å². The van der Waals surface area contributed by atoms with Gasteiger partial charge in [-0.1, -0.05) is 38.4 Å². The zero-order valence-electron chi connectivity index (χ0n) is 15.3. The predicted octanol–water partition coefficient (Wildman–Crippen LogP) is 4.39. The Labute approximate surface area is 146 Å². The van der Waals surface area contributed by atoms with Gasteiger partial charge in [-0.15, -0.1) is 0 Å². The molecule has 24 heavy (non-hydrogen) atoms. The number of esters is 1. The first-order valence-corrected chi connectivity index (χ1v) is 13.8. The second kappa shape index (κ2) is 7.28. The summed E-state index contributed by atoms with van der Waals surface area (Å²) in [7, 11) is -5.16. The lowest BCUT2D eigenvalue weighted by Gasteiger charge is -2.39. The van der Waals surface area contributed by atoms with E-state index in [1.165, 1.54) is 0 Å². The molecule has 136 valence electrons. The number of hydrogen-bond acceptors (Lipinski definition) is 5. The van der Waals surface area contributed by atoms with Crippen LogP contribution in [0.25, 0.3) is 0 Å². The Bertz CT molecular complexity index is 570. The SMILES string of the molecule is C=CC1=CC[C@H]([Si](C)(C)C)[C@@H]2OC(=O)[C@@H](P(=O)(OCC)OCC)[C@H]12. The molecule has 0 aromatic heterocycles. The number of allylic oxidation sites excluding steroid dienone is 2. The number of ether oxygens (including phenoxy) is 1.